The van der Waals surface area contributed by atoms with Gasteiger partial charge < -0.3 is 14.5 Å². The highest BCUT2D eigenvalue weighted by Crippen LogP contribution is 2.31. The summed E-state index contributed by atoms with van der Waals surface area (Å²) in [4.78, 5) is 0. The Hall–Kier alpha value is -3.88. The number of aromatic nitrogens is 2. The smallest absolute Gasteiger partial charge is 0.418 e. The van der Waals surface area contributed by atoms with E-state index in [0.717, 1.165) is 12.1 Å². The Labute approximate surface area is 174 Å². The van der Waals surface area contributed by atoms with E-state index in [9.17, 15) is 17.6 Å². The fourth-order valence-corrected chi connectivity index (χ4v) is 2.95. The lowest BCUT2D eigenvalue weighted by Crippen LogP contribution is -2.17. The molecule has 0 aliphatic heterocycles. The quantitative estimate of drug-likeness (QED) is 0.383. The second kappa shape index (κ2) is 8.47. The van der Waals surface area contributed by atoms with E-state index in [1.807, 2.05) is 18.2 Å². The minimum absolute atomic E-state index is 0.0968. The van der Waals surface area contributed by atoms with Gasteiger partial charge in [0.15, 0.2) is 0 Å². The summed E-state index contributed by atoms with van der Waals surface area (Å²) in [7, 11) is 0. The second-order valence-corrected chi connectivity index (χ2v) is 6.48. The van der Waals surface area contributed by atoms with E-state index >= 15 is 0 Å². The van der Waals surface area contributed by atoms with Crippen molar-refractivity contribution < 1.29 is 26.7 Å². The van der Waals surface area contributed by atoms with Crippen molar-refractivity contribution in [1.29, 1.82) is 0 Å². The summed E-state index contributed by atoms with van der Waals surface area (Å²) in [6, 6.07) is 19.3. The van der Waals surface area contributed by atoms with Crippen molar-refractivity contribution in [3.63, 3.8) is 0 Å². The molecule has 9 heteroatoms. The van der Waals surface area contributed by atoms with E-state index in [1.165, 1.54) is 18.2 Å². The second-order valence-electron chi connectivity index (χ2n) is 6.48. The summed E-state index contributed by atoms with van der Waals surface area (Å²) in [5, 5.41) is 11.1. The first-order valence-corrected chi connectivity index (χ1v) is 9.15. The molecular formula is C22H15F4N3O2. The summed E-state index contributed by atoms with van der Waals surface area (Å²) in [5.74, 6) is -0.520. The molecule has 0 unspecified atom stereocenters. The summed E-state index contributed by atoms with van der Waals surface area (Å²) >= 11 is 0. The molecule has 0 amide bonds. The highest BCUT2D eigenvalue weighted by atomic mass is 19.4. The topological polar surface area (TPSA) is 60.2 Å². The van der Waals surface area contributed by atoms with E-state index < -0.39 is 18.2 Å². The van der Waals surface area contributed by atoms with E-state index in [0.29, 0.717) is 11.3 Å². The van der Waals surface area contributed by atoms with Crippen LogP contribution in [0.3, 0.4) is 0 Å². The summed E-state index contributed by atoms with van der Waals surface area (Å²) in [6.07, 6.45) is -4.79. The lowest BCUT2D eigenvalue weighted by Gasteiger charge is -2.18. The summed E-state index contributed by atoms with van der Waals surface area (Å²) in [6.45, 7) is 0. The molecule has 1 N–H and O–H groups in total. The standard InChI is InChI=1S/C22H15F4N3O2/c23-18-9-5-4-8-17(18)19(21-29-28-20(30-21)14-6-2-1-3-7-14)27-15-10-12-16(13-11-15)31-22(24,25)26/h1-13,19,27H/t19-/m1/s1. The summed E-state index contributed by atoms with van der Waals surface area (Å²) < 4.78 is 61.3. The van der Waals surface area contributed by atoms with Crippen molar-refractivity contribution in [3.8, 4) is 17.2 Å². The van der Waals surface area contributed by atoms with Crippen LogP contribution < -0.4 is 10.1 Å². The Bertz CT molecular complexity index is 1150. The van der Waals surface area contributed by atoms with Crippen molar-refractivity contribution >= 4 is 5.69 Å². The third-order valence-electron chi connectivity index (χ3n) is 4.32. The van der Waals surface area contributed by atoms with Crippen molar-refractivity contribution in [2.75, 3.05) is 5.32 Å². The van der Waals surface area contributed by atoms with Gasteiger partial charge >= 0.3 is 6.36 Å². The number of alkyl halides is 3. The van der Waals surface area contributed by atoms with Crippen LogP contribution in [0.5, 0.6) is 5.75 Å². The lowest BCUT2D eigenvalue weighted by atomic mass is 10.1. The number of hydrogen-bond acceptors (Lipinski definition) is 5. The molecule has 0 spiro atoms. The largest absolute Gasteiger partial charge is 0.573 e. The van der Waals surface area contributed by atoms with Crippen LogP contribution in [-0.4, -0.2) is 16.6 Å². The molecule has 158 valence electrons. The van der Waals surface area contributed by atoms with Gasteiger partial charge in [0.25, 0.3) is 0 Å². The number of hydrogen-bond donors (Lipinski definition) is 1. The van der Waals surface area contributed by atoms with Crippen LogP contribution in [0.4, 0.5) is 23.2 Å². The van der Waals surface area contributed by atoms with Crippen LogP contribution in [0.2, 0.25) is 0 Å². The first-order valence-electron chi connectivity index (χ1n) is 9.15. The molecule has 1 aromatic heterocycles. The highest BCUT2D eigenvalue weighted by Gasteiger charge is 2.31. The molecule has 0 radical (unpaired) electrons. The van der Waals surface area contributed by atoms with E-state index in [-0.39, 0.29) is 23.1 Å². The van der Waals surface area contributed by atoms with Gasteiger partial charge in [0.2, 0.25) is 11.8 Å². The van der Waals surface area contributed by atoms with Crippen molar-refractivity contribution in [1.82, 2.24) is 10.2 Å². The Morgan fingerprint density at radius 1 is 0.839 bits per heavy atom. The number of nitrogens with zero attached hydrogens (tertiary/aromatic N) is 2. The van der Waals surface area contributed by atoms with Crippen molar-refractivity contribution in [2.24, 2.45) is 0 Å². The van der Waals surface area contributed by atoms with Gasteiger partial charge in [-0.25, -0.2) is 4.39 Å². The third kappa shape index (κ3) is 5.00. The Balaban J connectivity index is 1.65. The average Bonchev–Trinajstić information content (AvgIpc) is 3.23. The normalized spacial score (nSPS) is 12.4. The predicted octanol–water partition coefficient (Wildman–Crippen LogP) is 5.98. The maximum atomic E-state index is 14.5. The molecule has 0 saturated heterocycles. The van der Waals surface area contributed by atoms with Crippen molar-refractivity contribution in [2.45, 2.75) is 12.4 Å². The minimum Gasteiger partial charge on any atom is -0.418 e. The molecule has 5 nitrogen and oxygen atoms in total. The van der Waals surface area contributed by atoms with Gasteiger partial charge in [-0.1, -0.05) is 36.4 Å². The molecule has 3 aromatic carbocycles. The number of ether oxygens (including phenoxy) is 1. The molecule has 4 rings (SSSR count). The van der Waals surface area contributed by atoms with Crippen LogP contribution in [0.1, 0.15) is 17.5 Å². The number of anilines is 1. The van der Waals surface area contributed by atoms with Crippen LogP contribution in [0, 0.1) is 5.82 Å². The average molecular weight is 429 g/mol. The third-order valence-corrected chi connectivity index (χ3v) is 4.32. The van der Waals surface area contributed by atoms with Crippen LogP contribution in [0.25, 0.3) is 11.5 Å². The zero-order chi connectivity index (χ0) is 21.8. The fourth-order valence-electron chi connectivity index (χ4n) is 2.95. The fraction of sp³-hybridized carbons (Fsp3) is 0.0909. The predicted molar refractivity (Wildman–Crippen MR) is 105 cm³/mol. The maximum Gasteiger partial charge on any atom is 0.573 e. The molecule has 1 atom stereocenters. The molecule has 4 aromatic rings. The zero-order valence-electron chi connectivity index (χ0n) is 15.8. The molecule has 1 heterocycles. The monoisotopic (exact) mass is 429 g/mol. The van der Waals surface area contributed by atoms with E-state index in [1.54, 1.807) is 30.3 Å². The first-order chi connectivity index (χ1) is 14.9. The molecule has 0 aliphatic rings. The van der Waals surface area contributed by atoms with Gasteiger partial charge in [-0.2, -0.15) is 0 Å². The Morgan fingerprint density at radius 2 is 1.52 bits per heavy atom. The molecule has 31 heavy (non-hydrogen) atoms. The number of halogens is 4. The van der Waals surface area contributed by atoms with Gasteiger partial charge in [-0.3, -0.25) is 0 Å². The number of rotatable bonds is 6. The number of nitrogens with one attached hydrogen (secondary N) is 1. The van der Waals surface area contributed by atoms with E-state index in [4.69, 9.17) is 4.42 Å². The molecule has 0 saturated carbocycles. The molecule has 0 fully saturated rings. The first kappa shape index (κ1) is 20.4. The molecule has 0 bridgehead atoms. The van der Waals surface area contributed by atoms with Crippen LogP contribution >= 0.6 is 0 Å². The zero-order valence-corrected chi connectivity index (χ0v) is 15.8. The molecule has 0 aliphatic carbocycles. The van der Waals surface area contributed by atoms with Crippen molar-refractivity contribution in [3.05, 3.63) is 96.1 Å². The Kier molecular flexibility index (Phi) is 5.57. The van der Waals surface area contributed by atoms with Crippen LogP contribution in [0.15, 0.2) is 83.3 Å². The highest BCUT2D eigenvalue weighted by molar-refractivity contribution is 5.53. The minimum atomic E-state index is -4.79. The van der Waals surface area contributed by atoms with Gasteiger partial charge in [-0.05, 0) is 42.5 Å². The molecular weight excluding hydrogens is 414 g/mol. The van der Waals surface area contributed by atoms with E-state index in [2.05, 4.69) is 20.3 Å². The number of benzene rings is 3. The maximum absolute atomic E-state index is 14.5. The van der Waals surface area contributed by atoms with Gasteiger partial charge in [0, 0.05) is 16.8 Å². The summed E-state index contributed by atoms with van der Waals surface area (Å²) in [5.41, 5.74) is 1.34. The van der Waals surface area contributed by atoms with Crippen LogP contribution in [-0.2, 0) is 0 Å². The Morgan fingerprint density at radius 3 is 2.19 bits per heavy atom. The van der Waals surface area contributed by atoms with Gasteiger partial charge in [0.05, 0.1) is 0 Å². The lowest BCUT2D eigenvalue weighted by molar-refractivity contribution is -0.274. The van der Waals surface area contributed by atoms with Gasteiger partial charge in [0.1, 0.15) is 17.6 Å². The SMILES string of the molecule is Fc1ccccc1[C@@H](Nc1ccc(OC(F)(F)F)cc1)c1nnc(-c2ccccc2)o1. The van der Waals surface area contributed by atoms with Gasteiger partial charge in [-0.15, -0.1) is 23.4 Å².